The molecule has 0 spiro atoms. The van der Waals surface area contributed by atoms with Crippen molar-refractivity contribution in [3.63, 3.8) is 0 Å². The lowest BCUT2D eigenvalue weighted by Gasteiger charge is -2.13. The van der Waals surface area contributed by atoms with Gasteiger partial charge in [-0.1, -0.05) is 0 Å². The van der Waals surface area contributed by atoms with Gasteiger partial charge in [0.2, 0.25) is 0 Å². The van der Waals surface area contributed by atoms with Gasteiger partial charge in [-0.25, -0.2) is 13.6 Å². The molecule has 0 saturated heterocycles. The fraction of sp³-hybridized carbons (Fsp3) is 0.273. The third-order valence-corrected chi connectivity index (χ3v) is 2.16. The molecule has 1 atom stereocenters. The summed E-state index contributed by atoms with van der Waals surface area (Å²) in [5.74, 6) is -3.92. The highest BCUT2D eigenvalue weighted by atomic mass is 19.2. The Kier molecular flexibility index (Phi) is 4.73. The van der Waals surface area contributed by atoms with Crippen molar-refractivity contribution in [1.82, 2.24) is 5.32 Å². The summed E-state index contributed by atoms with van der Waals surface area (Å²) in [4.78, 5) is 22.7. The van der Waals surface area contributed by atoms with Gasteiger partial charge in [-0.05, 0) is 18.2 Å². The third-order valence-electron chi connectivity index (χ3n) is 2.16. The Hall–Kier alpha value is -2.02. The van der Waals surface area contributed by atoms with E-state index in [1.807, 2.05) is 0 Å². The average Bonchev–Trinajstić information content (AvgIpc) is 2.37. The maximum atomic E-state index is 12.9. The van der Waals surface area contributed by atoms with E-state index in [2.05, 4.69) is 10.1 Å². The average molecular weight is 259 g/mol. The van der Waals surface area contributed by atoms with Gasteiger partial charge in [-0.3, -0.25) is 4.79 Å². The molecule has 0 aliphatic carbocycles. The van der Waals surface area contributed by atoms with E-state index in [0.29, 0.717) is 6.07 Å². The molecular weight excluding hydrogens is 248 g/mol. The predicted molar refractivity (Wildman–Crippen MR) is 56.7 cm³/mol. The molecule has 1 rings (SSSR count). The molecule has 98 valence electrons. The molecule has 5 nitrogen and oxygen atoms in total. The second-order valence-corrected chi connectivity index (χ2v) is 3.36. The summed E-state index contributed by atoms with van der Waals surface area (Å²) >= 11 is 0. The Balaban J connectivity index is 2.81. The standard InChI is InChI=1S/C11H11F2NO4/c1-18-11(17)9(5-15)14-10(16)6-2-3-7(12)8(13)4-6/h2-4,9,15H,5H2,1H3,(H,14,16). The zero-order chi connectivity index (χ0) is 13.7. The summed E-state index contributed by atoms with van der Waals surface area (Å²) < 4.78 is 29.9. The Labute approximate surface area is 101 Å². The van der Waals surface area contributed by atoms with Crippen molar-refractivity contribution in [2.24, 2.45) is 0 Å². The monoisotopic (exact) mass is 259 g/mol. The van der Waals surface area contributed by atoms with Gasteiger partial charge in [-0.2, -0.15) is 0 Å². The number of halogens is 2. The van der Waals surface area contributed by atoms with Crippen LogP contribution in [-0.4, -0.2) is 36.7 Å². The van der Waals surface area contributed by atoms with Gasteiger partial charge < -0.3 is 15.2 Å². The van der Waals surface area contributed by atoms with Crippen LogP contribution >= 0.6 is 0 Å². The predicted octanol–water partition coefficient (Wildman–Crippen LogP) is 0.228. The topological polar surface area (TPSA) is 75.6 Å². The van der Waals surface area contributed by atoms with Crippen molar-refractivity contribution in [2.45, 2.75) is 6.04 Å². The van der Waals surface area contributed by atoms with Crippen molar-refractivity contribution < 1.29 is 28.2 Å². The molecule has 1 unspecified atom stereocenters. The van der Waals surface area contributed by atoms with E-state index >= 15 is 0 Å². The molecule has 0 bridgehead atoms. The van der Waals surface area contributed by atoms with Gasteiger partial charge in [0.15, 0.2) is 17.7 Å². The molecule has 0 aromatic heterocycles. The van der Waals surface area contributed by atoms with E-state index in [1.165, 1.54) is 0 Å². The lowest BCUT2D eigenvalue weighted by Crippen LogP contribution is -2.44. The zero-order valence-electron chi connectivity index (χ0n) is 9.44. The number of rotatable bonds is 4. The maximum Gasteiger partial charge on any atom is 0.330 e. The van der Waals surface area contributed by atoms with Gasteiger partial charge in [0, 0.05) is 5.56 Å². The van der Waals surface area contributed by atoms with Crippen LogP contribution in [0.5, 0.6) is 0 Å². The molecule has 0 aliphatic rings. The Bertz CT molecular complexity index is 464. The molecular formula is C11H11F2NO4. The van der Waals surface area contributed by atoms with E-state index in [-0.39, 0.29) is 5.56 Å². The number of aliphatic hydroxyl groups is 1. The molecule has 0 heterocycles. The van der Waals surface area contributed by atoms with Crippen molar-refractivity contribution >= 4 is 11.9 Å². The molecule has 7 heteroatoms. The van der Waals surface area contributed by atoms with Crippen molar-refractivity contribution in [3.05, 3.63) is 35.4 Å². The van der Waals surface area contributed by atoms with Crippen LogP contribution in [0.25, 0.3) is 0 Å². The third kappa shape index (κ3) is 3.24. The van der Waals surface area contributed by atoms with Gasteiger partial charge in [-0.15, -0.1) is 0 Å². The number of benzene rings is 1. The number of nitrogens with one attached hydrogen (secondary N) is 1. The number of hydrogen-bond acceptors (Lipinski definition) is 4. The quantitative estimate of drug-likeness (QED) is 0.759. The van der Waals surface area contributed by atoms with Crippen molar-refractivity contribution in [2.75, 3.05) is 13.7 Å². The molecule has 1 amide bonds. The second kappa shape index (κ2) is 6.06. The first kappa shape index (κ1) is 14.0. The minimum atomic E-state index is -1.25. The zero-order valence-corrected chi connectivity index (χ0v) is 9.44. The number of hydrogen-bond donors (Lipinski definition) is 2. The SMILES string of the molecule is COC(=O)C(CO)NC(=O)c1ccc(F)c(F)c1. The minimum Gasteiger partial charge on any atom is -0.467 e. The molecule has 1 aromatic rings. The van der Waals surface area contributed by atoms with E-state index in [4.69, 9.17) is 5.11 Å². The van der Waals surface area contributed by atoms with E-state index in [0.717, 1.165) is 19.2 Å². The first-order chi connectivity index (χ1) is 8.49. The van der Waals surface area contributed by atoms with Crippen molar-refractivity contribution in [1.29, 1.82) is 0 Å². The molecule has 0 aliphatic heterocycles. The van der Waals surface area contributed by atoms with Crippen LogP contribution in [-0.2, 0) is 9.53 Å². The van der Waals surface area contributed by atoms with E-state index in [9.17, 15) is 18.4 Å². The highest BCUT2D eigenvalue weighted by molar-refractivity contribution is 5.96. The summed E-state index contributed by atoms with van der Waals surface area (Å²) in [5.41, 5.74) is -0.170. The molecule has 1 aromatic carbocycles. The van der Waals surface area contributed by atoms with Gasteiger partial charge >= 0.3 is 5.97 Å². The Morgan fingerprint density at radius 3 is 2.56 bits per heavy atom. The summed E-state index contributed by atoms with van der Waals surface area (Å²) in [6.45, 7) is -0.665. The van der Waals surface area contributed by atoms with Crippen LogP contribution in [0.4, 0.5) is 8.78 Å². The summed E-state index contributed by atoms with van der Waals surface area (Å²) in [7, 11) is 1.09. The maximum absolute atomic E-state index is 12.9. The molecule has 18 heavy (non-hydrogen) atoms. The number of methoxy groups -OCH3 is 1. The van der Waals surface area contributed by atoms with Crippen molar-refractivity contribution in [3.8, 4) is 0 Å². The van der Waals surface area contributed by atoms with Crippen LogP contribution in [0, 0.1) is 11.6 Å². The lowest BCUT2D eigenvalue weighted by atomic mass is 10.2. The fourth-order valence-corrected chi connectivity index (χ4v) is 1.20. The Morgan fingerprint density at radius 1 is 1.39 bits per heavy atom. The number of carbonyl (C=O) groups is 2. The molecule has 2 N–H and O–H groups in total. The largest absolute Gasteiger partial charge is 0.467 e. The van der Waals surface area contributed by atoms with E-state index in [1.54, 1.807) is 0 Å². The number of aliphatic hydroxyl groups excluding tert-OH is 1. The number of carbonyl (C=O) groups excluding carboxylic acids is 2. The minimum absolute atomic E-state index is 0.170. The highest BCUT2D eigenvalue weighted by Crippen LogP contribution is 2.08. The second-order valence-electron chi connectivity index (χ2n) is 3.36. The number of amides is 1. The normalized spacial score (nSPS) is 11.8. The first-order valence-electron chi connectivity index (χ1n) is 4.94. The first-order valence-corrected chi connectivity index (χ1v) is 4.94. The summed E-state index contributed by atoms with van der Waals surface area (Å²) in [6, 6.07) is 1.28. The highest BCUT2D eigenvalue weighted by Gasteiger charge is 2.21. The van der Waals surface area contributed by atoms with Gasteiger partial charge in [0.1, 0.15) is 0 Å². The number of esters is 1. The van der Waals surface area contributed by atoms with E-state index < -0.39 is 36.2 Å². The molecule has 0 fully saturated rings. The smallest absolute Gasteiger partial charge is 0.330 e. The Morgan fingerprint density at radius 2 is 2.06 bits per heavy atom. The van der Waals surface area contributed by atoms with Crippen LogP contribution < -0.4 is 5.32 Å². The van der Waals surface area contributed by atoms with Crippen LogP contribution in [0.1, 0.15) is 10.4 Å². The van der Waals surface area contributed by atoms with Crippen LogP contribution in [0.15, 0.2) is 18.2 Å². The summed E-state index contributed by atoms with van der Waals surface area (Å²) in [5, 5.41) is 11.0. The van der Waals surface area contributed by atoms with Crippen LogP contribution in [0.2, 0.25) is 0 Å². The summed E-state index contributed by atoms with van der Waals surface area (Å²) in [6.07, 6.45) is 0. The van der Waals surface area contributed by atoms with Gasteiger partial charge in [0.05, 0.1) is 13.7 Å². The lowest BCUT2D eigenvalue weighted by molar-refractivity contribution is -0.143. The fourth-order valence-electron chi connectivity index (χ4n) is 1.20. The number of ether oxygens (including phenoxy) is 1. The van der Waals surface area contributed by atoms with Crippen LogP contribution in [0.3, 0.4) is 0 Å². The molecule has 0 saturated carbocycles. The van der Waals surface area contributed by atoms with Gasteiger partial charge in [0.25, 0.3) is 5.91 Å². The molecule has 0 radical (unpaired) electrons.